The lowest BCUT2D eigenvalue weighted by molar-refractivity contribution is 0.240. The van der Waals surface area contributed by atoms with E-state index in [9.17, 15) is 5.11 Å². The van der Waals surface area contributed by atoms with Crippen molar-refractivity contribution in [1.82, 2.24) is 4.98 Å². The van der Waals surface area contributed by atoms with Crippen molar-refractivity contribution in [3.05, 3.63) is 24.0 Å². The van der Waals surface area contributed by atoms with Crippen LogP contribution in [0.3, 0.4) is 0 Å². The number of nitrogens with two attached hydrogens (primary N) is 1. The summed E-state index contributed by atoms with van der Waals surface area (Å²) in [5.41, 5.74) is 6.91. The minimum absolute atomic E-state index is 0.0237. The zero-order valence-corrected chi connectivity index (χ0v) is 9.76. The molecule has 0 bridgehead atoms. The average Bonchev–Trinajstić information content (AvgIpc) is 2.39. The molecular formula is C12H18N4O. The first kappa shape index (κ1) is 11.9. The summed E-state index contributed by atoms with van der Waals surface area (Å²) in [7, 11) is 0. The summed E-state index contributed by atoms with van der Waals surface area (Å²) in [6.45, 7) is 1.10. The number of nitrogens with zero attached hydrogens (tertiary/aromatic N) is 2. The van der Waals surface area contributed by atoms with E-state index in [-0.39, 0.29) is 18.5 Å². The van der Waals surface area contributed by atoms with Gasteiger partial charge in [-0.25, -0.2) is 0 Å². The van der Waals surface area contributed by atoms with Crippen molar-refractivity contribution < 1.29 is 5.11 Å². The number of anilines is 1. The van der Waals surface area contributed by atoms with Crippen LogP contribution < -0.4 is 10.6 Å². The maximum absolute atomic E-state index is 9.38. The number of amidine groups is 1. The number of rotatable bonds is 3. The van der Waals surface area contributed by atoms with E-state index in [1.807, 2.05) is 12.1 Å². The summed E-state index contributed by atoms with van der Waals surface area (Å²) in [5.74, 6) is -0.0237. The molecule has 0 aliphatic carbocycles. The third-order valence-electron chi connectivity index (χ3n) is 3.19. The van der Waals surface area contributed by atoms with E-state index >= 15 is 0 Å². The molecule has 4 N–H and O–H groups in total. The fourth-order valence-corrected chi connectivity index (χ4v) is 2.28. The smallest absolute Gasteiger partial charge is 0.141 e. The third kappa shape index (κ3) is 2.55. The maximum atomic E-state index is 9.38. The van der Waals surface area contributed by atoms with Crippen molar-refractivity contribution in [3.63, 3.8) is 0 Å². The minimum atomic E-state index is -0.0237. The fraction of sp³-hybridized carbons (Fsp3) is 0.500. The molecule has 0 amide bonds. The normalized spacial score (nSPS) is 20.3. The Hall–Kier alpha value is -1.62. The van der Waals surface area contributed by atoms with Gasteiger partial charge >= 0.3 is 0 Å². The molecule has 1 aromatic rings. The predicted molar refractivity (Wildman–Crippen MR) is 67.3 cm³/mol. The van der Waals surface area contributed by atoms with Gasteiger partial charge in [0.1, 0.15) is 11.5 Å². The van der Waals surface area contributed by atoms with Crippen LogP contribution in [0.25, 0.3) is 0 Å². The van der Waals surface area contributed by atoms with E-state index in [0.717, 1.165) is 31.5 Å². The monoisotopic (exact) mass is 234 g/mol. The number of hydrogen-bond donors (Lipinski definition) is 3. The van der Waals surface area contributed by atoms with Gasteiger partial charge in [-0.3, -0.25) is 10.4 Å². The summed E-state index contributed by atoms with van der Waals surface area (Å²) in [4.78, 5) is 6.22. The minimum Gasteiger partial charge on any atom is -0.394 e. The van der Waals surface area contributed by atoms with Crippen LogP contribution in [0, 0.1) is 5.41 Å². The largest absolute Gasteiger partial charge is 0.394 e. The zero-order valence-electron chi connectivity index (χ0n) is 9.76. The highest BCUT2D eigenvalue weighted by Crippen LogP contribution is 2.24. The number of hydrogen-bond acceptors (Lipinski definition) is 4. The number of aliphatic hydroxyl groups excluding tert-OH is 1. The van der Waals surface area contributed by atoms with Crippen molar-refractivity contribution in [2.45, 2.75) is 25.3 Å². The van der Waals surface area contributed by atoms with Crippen LogP contribution in [0.5, 0.6) is 0 Å². The molecule has 17 heavy (non-hydrogen) atoms. The molecule has 1 saturated heterocycles. The maximum Gasteiger partial charge on any atom is 0.141 e. The number of piperidine rings is 1. The molecule has 1 aliphatic heterocycles. The molecule has 1 unspecified atom stereocenters. The second-order valence-corrected chi connectivity index (χ2v) is 4.34. The molecule has 0 aromatic carbocycles. The molecule has 0 radical (unpaired) electrons. The van der Waals surface area contributed by atoms with Crippen LogP contribution in [0.1, 0.15) is 25.0 Å². The second kappa shape index (κ2) is 5.14. The van der Waals surface area contributed by atoms with E-state index < -0.39 is 0 Å². The molecule has 2 heterocycles. The van der Waals surface area contributed by atoms with Crippen LogP contribution >= 0.6 is 0 Å². The summed E-state index contributed by atoms with van der Waals surface area (Å²) in [6.07, 6.45) is 4.96. The van der Waals surface area contributed by atoms with Gasteiger partial charge < -0.3 is 15.7 Å². The van der Waals surface area contributed by atoms with Gasteiger partial charge in [0.05, 0.1) is 12.6 Å². The lowest BCUT2D eigenvalue weighted by Crippen LogP contribution is -2.42. The van der Waals surface area contributed by atoms with Crippen LogP contribution in [-0.4, -0.2) is 35.1 Å². The first-order chi connectivity index (χ1) is 8.22. The molecule has 5 heteroatoms. The van der Waals surface area contributed by atoms with Crippen molar-refractivity contribution in [2.24, 2.45) is 5.73 Å². The molecule has 92 valence electrons. The molecule has 1 aliphatic rings. The van der Waals surface area contributed by atoms with Crippen LogP contribution in [0.4, 0.5) is 5.69 Å². The SMILES string of the molecule is N=C(N)c1cc(N2CCCCC2CO)ccn1. The number of aliphatic hydroxyl groups is 1. The lowest BCUT2D eigenvalue weighted by Gasteiger charge is -2.36. The Morgan fingerprint density at radius 1 is 1.59 bits per heavy atom. The third-order valence-corrected chi connectivity index (χ3v) is 3.19. The van der Waals surface area contributed by atoms with Gasteiger partial charge in [-0.15, -0.1) is 0 Å². The molecular weight excluding hydrogens is 216 g/mol. The van der Waals surface area contributed by atoms with Gasteiger partial charge in [0.25, 0.3) is 0 Å². The molecule has 0 spiro atoms. The van der Waals surface area contributed by atoms with Crippen LogP contribution in [-0.2, 0) is 0 Å². The van der Waals surface area contributed by atoms with Crippen molar-refractivity contribution >= 4 is 11.5 Å². The fourth-order valence-electron chi connectivity index (χ4n) is 2.28. The topological polar surface area (TPSA) is 86.2 Å². The molecule has 1 aromatic heterocycles. The van der Waals surface area contributed by atoms with E-state index in [0.29, 0.717) is 5.69 Å². The number of pyridine rings is 1. The van der Waals surface area contributed by atoms with E-state index in [2.05, 4.69) is 9.88 Å². The molecule has 0 saturated carbocycles. The van der Waals surface area contributed by atoms with Crippen molar-refractivity contribution in [1.29, 1.82) is 5.41 Å². The first-order valence-corrected chi connectivity index (χ1v) is 5.90. The highest BCUT2D eigenvalue weighted by molar-refractivity contribution is 5.93. The van der Waals surface area contributed by atoms with E-state index in [4.69, 9.17) is 11.1 Å². The summed E-state index contributed by atoms with van der Waals surface area (Å²) >= 11 is 0. The molecule has 2 rings (SSSR count). The van der Waals surface area contributed by atoms with Crippen molar-refractivity contribution in [2.75, 3.05) is 18.1 Å². The highest BCUT2D eigenvalue weighted by atomic mass is 16.3. The second-order valence-electron chi connectivity index (χ2n) is 4.34. The Kier molecular flexibility index (Phi) is 3.58. The Balaban J connectivity index is 2.25. The van der Waals surface area contributed by atoms with Gasteiger partial charge in [0.15, 0.2) is 0 Å². The first-order valence-electron chi connectivity index (χ1n) is 5.90. The molecule has 5 nitrogen and oxygen atoms in total. The summed E-state index contributed by atoms with van der Waals surface area (Å²) in [5, 5.41) is 16.8. The summed E-state index contributed by atoms with van der Waals surface area (Å²) < 4.78 is 0. The molecule has 1 fully saturated rings. The predicted octanol–water partition coefficient (Wildman–Crippen LogP) is 0.717. The van der Waals surface area contributed by atoms with Crippen LogP contribution in [0.2, 0.25) is 0 Å². The van der Waals surface area contributed by atoms with E-state index in [1.54, 1.807) is 6.20 Å². The number of nitrogens with one attached hydrogen (secondary N) is 1. The Morgan fingerprint density at radius 2 is 2.41 bits per heavy atom. The van der Waals surface area contributed by atoms with Gasteiger partial charge in [0.2, 0.25) is 0 Å². The highest BCUT2D eigenvalue weighted by Gasteiger charge is 2.22. The standard InChI is InChI=1S/C12H18N4O/c13-12(14)11-7-9(4-5-15-11)16-6-2-1-3-10(16)8-17/h4-5,7,10,17H,1-3,6,8H2,(H3,13,14). The Labute approximate surface area is 101 Å². The van der Waals surface area contributed by atoms with Gasteiger partial charge in [-0.05, 0) is 31.4 Å². The van der Waals surface area contributed by atoms with E-state index in [1.165, 1.54) is 0 Å². The Bertz CT molecular complexity index is 407. The quantitative estimate of drug-likeness (QED) is 0.531. The molecule has 1 atom stereocenters. The average molecular weight is 234 g/mol. The van der Waals surface area contributed by atoms with Gasteiger partial charge in [0, 0.05) is 18.4 Å². The number of nitrogen functional groups attached to an aromatic ring is 1. The number of aromatic nitrogens is 1. The van der Waals surface area contributed by atoms with Crippen molar-refractivity contribution in [3.8, 4) is 0 Å². The van der Waals surface area contributed by atoms with Gasteiger partial charge in [-0.1, -0.05) is 0 Å². The van der Waals surface area contributed by atoms with Crippen LogP contribution in [0.15, 0.2) is 18.3 Å². The van der Waals surface area contributed by atoms with Gasteiger partial charge in [-0.2, -0.15) is 0 Å². The summed E-state index contributed by atoms with van der Waals surface area (Å²) in [6, 6.07) is 3.89. The lowest BCUT2D eigenvalue weighted by atomic mass is 10.0. The Morgan fingerprint density at radius 3 is 3.12 bits per heavy atom. The zero-order chi connectivity index (χ0) is 12.3.